The largest absolute Gasteiger partial charge is 0.508 e. The first-order chi connectivity index (χ1) is 15.1. The fourth-order valence-electron chi connectivity index (χ4n) is 4.85. The van der Waals surface area contributed by atoms with Crippen LogP contribution in [0.3, 0.4) is 0 Å². The molecule has 4 aromatic carbocycles. The third kappa shape index (κ3) is 2.61. The van der Waals surface area contributed by atoms with E-state index in [1.165, 1.54) is 0 Å². The highest BCUT2D eigenvalue weighted by molar-refractivity contribution is 5.87. The summed E-state index contributed by atoms with van der Waals surface area (Å²) in [7, 11) is 3.20. The summed E-state index contributed by atoms with van der Waals surface area (Å²) < 4.78 is 11.0. The van der Waals surface area contributed by atoms with Crippen LogP contribution in [0.1, 0.15) is 22.3 Å². The zero-order valence-corrected chi connectivity index (χ0v) is 17.3. The van der Waals surface area contributed by atoms with Gasteiger partial charge in [0.05, 0.1) is 19.6 Å². The molecule has 31 heavy (non-hydrogen) atoms. The van der Waals surface area contributed by atoms with E-state index in [-0.39, 0.29) is 11.5 Å². The first-order valence-electron chi connectivity index (χ1n) is 10.1. The van der Waals surface area contributed by atoms with Crippen LogP contribution in [0.25, 0.3) is 11.1 Å². The maximum Gasteiger partial charge on any atom is 0.120 e. The third-order valence-electron chi connectivity index (χ3n) is 6.17. The van der Waals surface area contributed by atoms with Crippen LogP contribution >= 0.6 is 0 Å². The molecular weight excluding hydrogens is 388 g/mol. The number of aromatic hydroxyl groups is 2. The molecule has 0 aliphatic heterocycles. The van der Waals surface area contributed by atoms with Gasteiger partial charge in [0, 0.05) is 11.1 Å². The second-order valence-corrected chi connectivity index (χ2v) is 7.61. The molecule has 0 unspecified atom stereocenters. The summed E-state index contributed by atoms with van der Waals surface area (Å²) >= 11 is 0. The average molecular weight is 410 g/mol. The van der Waals surface area contributed by atoms with Gasteiger partial charge < -0.3 is 19.7 Å². The Morgan fingerprint density at radius 3 is 1.39 bits per heavy atom. The van der Waals surface area contributed by atoms with Gasteiger partial charge in [0.1, 0.15) is 23.0 Å². The van der Waals surface area contributed by atoms with Crippen molar-refractivity contribution in [1.82, 2.24) is 0 Å². The molecule has 0 radical (unpaired) electrons. The summed E-state index contributed by atoms with van der Waals surface area (Å²) in [6, 6.07) is 26.6. The summed E-state index contributed by atoms with van der Waals surface area (Å²) in [6.45, 7) is 0. The molecule has 2 N–H and O–H groups in total. The van der Waals surface area contributed by atoms with E-state index < -0.39 is 5.41 Å². The first kappa shape index (κ1) is 19.1. The van der Waals surface area contributed by atoms with E-state index in [0.717, 1.165) is 22.3 Å². The number of ether oxygens (including phenoxy) is 2. The molecule has 4 heteroatoms. The minimum atomic E-state index is -0.954. The summed E-state index contributed by atoms with van der Waals surface area (Å²) in [5.41, 5.74) is 4.38. The van der Waals surface area contributed by atoms with Crippen LogP contribution in [0.15, 0.2) is 84.9 Å². The number of fused-ring (bicyclic) bond motifs is 3. The summed E-state index contributed by atoms with van der Waals surface area (Å²) in [5, 5.41) is 22.2. The Labute approximate surface area is 181 Å². The predicted molar refractivity (Wildman–Crippen MR) is 120 cm³/mol. The summed E-state index contributed by atoms with van der Waals surface area (Å²) in [4.78, 5) is 0. The maximum atomic E-state index is 11.1. The molecule has 0 spiro atoms. The van der Waals surface area contributed by atoms with Crippen molar-refractivity contribution in [3.05, 3.63) is 107 Å². The van der Waals surface area contributed by atoms with Crippen LogP contribution in [0, 0.1) is 0 Å². The highest BCUT2D eigenvalue weighted by atomic mass is 16.5. The molecule has 1 aliphatic rings. The number of rotatable bonds is 4. The highest BCUT2D eigenvalue weighted by Gasteiger charge is 2.49. The fourth-order valence-corrected chi connectivity index (χ4v) is 4.85. The number of methoxy groups -OCH3 is 2. The van der Waals surface area contributed by atoms with Gasteiger partial charge in [0.25, 0.3) is 0 Å². The van der Waals surface area contributed by atoms with Gasteiger partial charge in [-0.1, -0.05) is 48.5 Å². The van der Waals surface area contributed by atoms with Crippen molar-refractivity contribution in [3.63, 3.8) is 0 Å². The molecule has 5 rings (SSSR count). The molecular formula is C27H22O4. The Kier molecular flexibility index (Phi) is 4.36. The van der Waals surface area contributed by atoms with E-state index in [2.05, 4.69) is 12.1 Å². The van der Waals surface area contributed by atoms with Gasteiger partial charge in [-0.05, 0) is 58.7 Å². The number of hydrogen-bond donors (Lipinski definition) is 2. The minimum Gasteiger partial charge on any atom is -0.508 e. The minimum absolute atomic E-state index is 0.120. The molecule has 4 aromatic rings. The molecule has 0 amide bonds. The lowest BCUT2D eigenvalue weighted by atomic mass is 9.67. The van der Waals surface area contributed by atoms with Crippen molar-refractivity contribution >= 4 is 0 Å². The van der Waals surface area contributed by atoms with Crippen molar-refractivity contribution in [2.45, 2.75) is 5.41 Å². The maximum absolute atomic E-state index is 11.1. The zero-order valence-electron chi connectivity index (χ0n) is 17.3. The molecule has 0 atom stereocenters. The quantitative estimate of drug-likeness (QED) is 0.412. The second-order valence-electron chi connectivity index (χ2n) is 7.61. The fraction of sp³-hybridized carbons (Fsp3) is 0.111. The molecule has 0 saturated heterocycles. The van der Waals surface area contributed by atoms with E-state index in [9.17, 15) is 10.2 Å². The van der Waals surface area contributed by atoms with Gasteiger partial charge in [-0.2, -0.15) is 0 Å². The average Bonchev–Trinajstić information content (AvgIpc) is 3.11. The van der Waals surface area contributed by atoms with Crippen molar-refractivity contribution < 1.29 is 19.7 Å². The lowest BCUT2D eigenvalue weighted by Crippen LogP contribution is -2.29. The van der Waals surface area contributed by atoms with Crippen LogP contribution < -0.4 is 9.47 Å². The monoisotopic (exact) mass is 410 g/mol. The van der Waals surface area contributed by atoms with Gasteiger partial charge in [-0.25, -0.2) is 0 Å². The summed E-state index contributed by atoms with van der Waals surface area (Å²) in [5.74, 6) is 1.48. The van der Waals surface area contributed by atoms with Gasteiger partial charge in [-0.3, -0.25) is 0 Å². The Morgan fingerprint density at radius 1 is 0.548 bits per heavy atom. The second kappa shape index (κ2) is 7.10. The molecule has 0 fully saturated rings. The van der Waals surface area contributed by atoms with Crippen LogP contribution in [0.4, 0.5) is 0 Å². The van der Waals surface area contributed by atoms with Gasteiger partial charge >= 0.3 is 0 Å². The van der Waals surface area contributed by atoms with Crippen LogP contribution in [-0.4, -0.2) is 24.4 Å². The van der Waals surface area contributed by atoms with E-state index in [1.54, 1.807) is 38.5 Å². The molecule has 0 saturated carbocycles. The highest BCUT2D eigenvalue weighted by Crippen LogP contribution is 2.59. The Bertz CT molecular complexity index is 1190. The van der Waals surface area contributed by atoms with E-state index in [0.29, 0.717) is 22.6 Å². The number of phenols is 2. The Morgan fingerprint density at radius 2 is 0.968 bits per heavy atom. The Hall–Kier alpha value is -3.92. The van der Waals surface area contributed by atoms with E-state index in [1.807, 2.05) is 48.5 Å². The lowest BCUT2D eigenvalue weighted by Gasteiger charge is -2.35. The van der Waals surface area contributed by atoms with Crippen LogP contribution in [0.2, 0.25) is 0 Å². The number of hydrogen-bond acceptors (Lipinski definition) is 4. The van der Waals surface area contributed by atoms with Crippen molar-refractivity contribution in [2.75, 3.05) is 14.2 Å². The Balaban J connectivity index is 2.01. The van der Waals surface area contributed by atoms with Crippen molar-refractivity contribution in [1.29, 1.82) is 0 Å². The topological polar surface area (TPSA) is 58.9 Å². The standard InChI is InChI=1S/C27H22O4/c1-30-17-11-13-25(28)23(15-17)27(24-16-18(31-2)12-14-26(24)29)21-9-5-3-7-19(21)20-8-4-6-10-22(20)27/h3-16,28-29H,1-2H3. The van der Waals surface area contributed by atoms with Crippen LogP contribution in [-0.2, 0) is 5.41 Å². The van der Waals surface area contributed by atoms with Gasteiger partial charge in [-0.15, -0.1) is 0 Å². The molecule has 0 heterocycles. The SMILES string of the molecule is COc1ccc(O)c(C2(c3cc(OC)ccc3O)c3ccccc3-c3ccccc32)c1. The summed E-state index contributed by atoms with van der Waals surface area (Å²) in [6.07, 6.45) is 0. The van der Waals surface area contributed by atoms with Gasteiger partial charge in [0.2, 0.25) is 0 Å². The normalized spacial score (nSPS) is 13.4. The third-order valence-corrected chi connectivity index (χ3v) is 6.17. The van der Waals surface area contributed by atoms with Crippen LogP contribution in [0.5, 0.6) is 23.0 Å². The lowest BCUT2D eigenvalue weighted by molar-refractivity contribution is 0.405. The number of phenolic OH excluding ortho intramolecular Hbond substituents is 2. The predicted octanol–water partition coefficient (Wildman–Crippen LogP) is 5.48. The molecule has 1 aliphatic carbocycles. The molecule has 0 aromatic heterocycles. The first-order valence-corrected chi connectivity index (χ1v) is 10.1. The molecule has 4 nitrogen and oxygen atoms in total. The van der Waals surface area contributed by atoms with Crippen molar-refractivity contribution in [2.24, 2.45) is 0 Å². The van der Waals surface area contributed by atoms with Crippen molar-refractivity contribution in [3.8, 4) is 34.1 Å². The van der Waals surface area contributed by atoms with E-state index in [4.69, 9.17) is 9.47 Å². The number of benzene rings is 4. The molecule has 154 valence electrons. The zero-order chi connectivity index (χ0) is 21.6. The smallest absolute Gasteiger partial charge is 0.120 e. The van der Waals surface area contributed by atoms with Gasteiger partial charge in [0.15, 0.2) is 0 Å². The van der Waals surface area contributed by atoms with E-state index >= 15 is 0 Å². The molecule has 0 bridgehead atoms.